The van der Waals surface area contributed by atoms with E-state index in [0.717, 1.165) is 41.2 Å². The van der Waals surface area contributed by atoms with E-state index in [4.69, 9.17) is 0 Å². The van der Waals surface area contributed by atoms with Crippen LogP contribution in [-0.4, -0.2) is 11.5 Å². The smallest absolute Gasteiger partial charge is 0.123 e. The molecule has 0 bridgehead atoms. The minimum absolute atomic E-state index is 0.207. The SMILES string of the molecule is CC(CNCc1csc(-c2ccc(F)cc2)n1)C1CC1. The molecule has 4 heteroatoms. The summed E-state index contributed by atoms with van der Waals surface area (Å²) in [6, 6.07) is 6.51. The first-order valence-corrected chi connectivity index (χ1v) is 8.01. The molecule has 20 heavy (non-hydrogen) atoms. The summed E-state index contributed by atoms with van der Waals surface area (Å²) >= 11 is 1.61. The molecule has 1 N–H and O–H groups in total. The van der Waals surface area contributed by atoms with Crippen LogP contribution in [-0.2, 0) is 6.54 Å². The van der Waals surface area contributed by atoms with Gasteiger partial charge in [-0.25, -0.2) is 9.37 Å². The van der Waals surface area contributed by atoms with Gasteiger partial charge in [0, 0.05) is 17.5 Å². The molecular formula is C16H19FN2S. The number of aromatic nitrogens is 1. The van der Waals surface area contributed by atoms with Gasteiger partial charge in [0.25, 0.3) is 0 Å². The van der Waals surface area contributed by atoms with Crippen LogP contribution >= 0.6 is 11.3 Å². The summed E-state index contributed by atoms with van der Waals surface area (Å²) < 4.78 is 12.9. The van der Waals surface area contributed by atoms with Gasteiger partial charge in [-0.3, -0.25) is 0 Å². The van der Waals surface area contributed by atoms with E-state index in [2.05, 4.69) is 22.6 Å². The highest BCUT2D eigenvalue weighted by Crippen LogP contribution is 2.36. The van der Waals surface area contributed by atoms with Gasteiger partial charge < -0.3 is 5.32 Å². The number of hydrogen-bond acceptors (Lipinski definition) is 3. The molecule has 0 radical (unpaired) electrons. The third kappa shape index (κ3) is 3.44. The summed E-state index contributed by atoms with van der Waals surface area (Å²) in [5.74, 6) is 1.50. The minimum Gasteiger partial charge on any atom is -0.311 e. The van der Waals surface area contributed by atoms with E-state index >= 15 is 0 Å². The predicted molar refractivity (Wildman–Crippen MR) is 81.1 cm³/mol. The van der Waals surface area contributed by atoms with Gasteiger partial charge in [-0.2, -0.15) is 0 Å². The second-order valence-corrected chi connectivity index (χ2v) is 6.45. The maximum Gasteiger partial charge on any atom is 0.123 e. The van der Waals surface area contributed by atoms with E-state index in [0.29, 0.717) is 0 Å². The van der Waals surface area contributed by atoms with Crippen molar-refractivity contribution in [2.24, 2.45) is 11.8 Å². The molecule has 2 nitrogen and oxygen atoms in total. The molecule has 1 aromatic heterocycles. The Bertz CT molecular complexity index is 560. The Morgan fingerprint density at radius 3 is 2.80 bits per heavy atom. The number of rotatable bonds is 6. The third-order valence-corrected chi connectivity index (χ3v) is 4.78. The number of benzene rings is 1. The highest BCUT2D eigenvalue weighted by molar-refractivity contribution is 7.13. The fourth-order valence-corrected chi connectivity index (χ4v) is 3.20. The molecule has 1 atom stereocenters. The predicted octanol–water partition coefficient (Wildman–Crippen LogP) is 4.08. The number of hydrogen-bond donors (Lipinski definition) is 1. The topological polar surface area (TPSA) is 24.9 Å². The first-order chi connectivity index (χ1) is 9.72. The van der Waals surface area contributed by atoms with Crippen LogP contribution in [0.4, 0.5) is 4.39 Å². The van der Waals surface area contributed by atoms with E-state index in [9.17, 15) is 4.39 Å². The lowest BCUT2D eigenvalue weighted by Crippen LogP contribution is -2.21. The lowest BCUT2D eigenvalue weighted by Gasteiger charge is -2.09. The normalized spacial score (nSPS) is 16.3. The van der Waals surface area contributed by atoms with Crippen molar-refractivity contribution in [1.29, 1.82) is 0 Å². The van der Waals surface area contributed by atoms with E-state index in [1.54, 1.807) is 23.5 Å². The second kappa shape index (κ2) is 6.02. The average molecular weight is 290 g/mol. The number of nitrogens with zero attached hydrogens (tertiary/aromatic N) is 1. The third-order valence-electron chi connectivity index (χ3n) is 3.84. The van der Waals surface area contributed by atoms with Gasteiger partial charge in [-0.05, 0) is 55.5 Å². The first-order valence-electron chi connectivity index (χ1n) is 7.13. The molecular weight excluding hydrogens is 271 g/mol. The van der Waals surface area contributed by atoms with Gasteiger partial charge in [0.05, 0.1) is 5.69 Å². The molecule has 1 saturated carbocycles. The van der Waals surface area contributed by atoms with Crippen molar-refractivity contribution in [2.45, 2.75) is 26.3 Å². The fraction of sp³-hybridized carbons (Fsp3) is 0.438. The van der Waals surface area contributed by atoms with Crippen LogP contribution in [0, 0.1) is 17.7 Å². The van der Waals surface area contributed by atoms with Crippen molar-refractivity contribution in [3.05, 3.63) is 41.2 Å². The summed E-state index contributed by atoms with van der Waals surface area (Å²) in [5.41, 5.74) is 2.05. The van der Waals surface area contributed by atoms with E-state index in [-0.39, 0.29) is 5.82 Å². The highest BCUT2D eigenvalue weighted by Gasteiger charge is 2.27. The zero-order chi connectivity index (χ0) is 13.9. The standard InChI is InChI=1S/C16H19FN2S/c1-11(12-2-3-12)8-18-9-15-10-20-16(19-15)13-4-6-14(17)7-5-13/h4-7,10-12,18H,2-3,8-9H2,1H3. The number of halogens is 1. The molecule has 1 aliphatic carbocycles. The fourth-order valence-electron chi connectivity index (χ4n) is 2.37. The molecule has 0 aliphatic heterocycles. The van der Waals surface area contributed by atoms with Crippen molar-refractivity contribution in [2.75, 3.05) is 6.54 Å². The van der Waals surface area contributed by atoms with Crippen LogP contribution in [0.5, 0.6) is 0 Å². The van der Waals surface area contributed by atoms with E-state index in [1.165, 1.54) is 25.0 Å². The van der Waals surface area contributed by atoms with Crippen LogP contribution in [0.2, 0.25) is 0 Å². The Labute approximate surface area is 123 Å². The minimum atomic E-state index is -0.207. The Kier molecular flexibility index (Phi) is 4.13. The zero-order valence-corrected chi connectivity index (χ0v) is 12.4. The molecule has 0 amide bonds. The lowest BCUT2D eigenvalue weighted by molar-refractivity contribution is 0.460. The Morgan fingerprint density at radius 2 is 2.10 bits per heavy atom. The van der Waals surface area contributed by atoms with Gasteiger partial charge in [-0.1, -0.05) is 6.92 Å². The first kappa shape index (κ1) is 13.7. The molecule has 2 aromatic rings. The second-order valence-electron chi connectivity index (χ2n) is 5.60. The summed E-state index contributed by atoms with van der Waals surface area (Å²) in [4.78, 5) is 4.60. The lowest BCUT2D eigenvalue weighted by atomic mass is 10.1. The largest absolute Gasteiger partial charge is 0.311 e. The molecule has 3 rings (SSSR count). The Morgan fingerprint density at radius 1 is 1.35 bits per heavy atom. The van der Waals surface area contributed by atoms with Crippen LogP contribution in [0.1, 0.15) is 25.5 Å². The molecule has 1 aromatic carbocycles. The highest BCUT2D eigenvalue weighted by atomic mass is 32.1. The molecule has 1 aliphatic rings. The summed E-state index contributed by atoms with van der Waals surface area (Å²) in [7, 11) is 0. The Balaban J connectivity index is 1.54. The van der Waals surface area contributed by atoms with Gasteiger partial charge in [0.15, 0.2) is 0 Å². The monoisotopic (exact) mass is 290 g/mol. The summed E-state index contributed by atoms with van der Waals surface area (Å²) in [6.45, 7) is 4.19. The molecule has 106 valence electrons. The number of thiazole rings is 1. The molecule has 0 saturated heterocycles. The summed E-state index contributed by atoms with van der Waals surface area (Å²) in [5, 5.41) is 6.51. The number of nitrogens with one attached hydrogen (secondary N) is 1. The maximum atomic E-state index is 12.9. The maximum absolute atomic E-state index is 12.9. The van der Waals surface area contributed by atoms with Crippen molar-refractivity contribution < 1.29 is 4.39 Å². The van der Waals surface area contributed by atoms with Crippen molar-refractivity contribution in [3.8, 4) is 10.6 Å². The molecule has 1 fully saturated rings. The average Bonchev–Trinajstić information content (AvgIpc) is 3.20. The molecule has 0 spiro atoms. The van der Waals surface area contributed by atoms with Crippen molar-refractivity contribution in [1.82, 2.24) is 10.3 Å². The quantitative estimate of drug-likeness (QED) is 0.867. The van der Waals surface area contributed by atoms with Gasteiger partial charge in [0.2, 0.25) is 0 Å². The zero-order valence-electron chi connectivity index (χ0n) is 11.6. The van der Waals surface area contributed by atoms with Crippen molar-refractivity contribution >= 4 is 11.3 Å². The molecule has 1 unspecified atom stereocenters. The summed E-state index contributed by atoms with van der Waals surface area (Å²) in [6.07, 6.45) is 2.79. The van der Waals surface area contributed by atoms with Crippen LogP contribution < -0.4 is 5.32 Å². The Hall–Kier alpha value is -1.26. The van der Waals surface area contributed by atoms with Gasteiger partial charge in [0.1, 0.15) is 10.8 Å². The van der Waals surface area contributed by atoms with Crippen LogP contribution in [0.15, 0.2) is 29.6 Å². The van der Waals surface area contributed by atoms with Crippen molar-refractivity contribution in [3.63, 3.8) is 0 Å². The van der Waals surface area contributed by atoms with Crippen LogP contribution in [0.25, 0.3) is 10.6 Å². The van der Waals surface area contributed by atoms with Gasteiger partial charge in [-0.15, -0.1) is 11.3 Å². The van der Waals surface area contributed by atoms with Gasteiger partial charge >= 0.3 is 0 Å². The van der Waals surface area contributed by atoms with E-state index in [1.807, 2.05) is 0 Å². The molecule has 1 heterocycles. The van der Waals surface area contributed by atoms with Crippen LogP contribution in [0.3, 0.4) is 0 Å². The van der Waals surface area contributed by atoms with E-state index < -0.39 is 0 Å².